The third kappa shape index (κ3) is 4.11. The van der Waals surface area contributed by atoms with Crippen molar-refractivity contribution >= 4 is 46.7 Å². The van der Waals surface area contributed by atoms with E-state index in [-0.39, 0.29) is 22.4 Å². The highest BCUT2D eigenvalue weighted by molar-refractivity contribution is 6.31. The number of carbonyl (C=O) groups excluding carboxylic acids is 2. The lowest BCUT2D eigenvalue weighted by Gasteiger charge is -2.52. The molecule has 0 radical (unpaired) electrons. The number of fused-ring (bicyclic) bond motifs is 6. The summed E-state index contributed by atoms with van der Waals surface area (Å²) in [5, 5.41) is 31.1. The quantitative estimate of drug-likeness (QED) is 0.302. The van der Waals surface area contributed by atoms with Crippen LogP contribution in [0.5, 0.6) is 0 Å². The number of rotatable bonds is 4. The number of aliphatic carboxylic acids is 1. The van der Waals surface area contributed by atoms with Crippen molar-refractivity contribution in [1.82, 2.24) is 10.6 Å². The summed E-state index contributed by atoms with van der Waals surface area (Å²) in [5.41, 5.74) is -3.41. The van der Waals surface area contributed by atoms with Gasteiger partial charge in [0.2, 0.25) is 11.8 Å². The van der Waals surface area contributed by atoms with Gasteiger partial charge in [0.05, 0.1) is 22.1 Å². The van der Waals surface area contributed by atoms with Crippen molar-refractivity contribution in [2.24, 2.45) is 5.41 Å². The number of hydrogen-bond donors (Lipinski definition) is 5. The number of benzene rings is 2. The van der Waals surface area contributed by atoms with Crippen molar-refractivity contribution in [3.05, 3.63) is 63.4 Å². The fourth-order valence-corrected chi connectivity index (χ4v) is 9.66. The van der Waals surface area contributed by atoms with Crippen molar-refractivity contribution in [3.63, 3.8) is 0 Å². The number of amides is 2. The zero-order valence-electron chi connectivity index (χ0n) is 24.4. The van der Waals surface area contributed by atoms with Crippen LogP contribution in [0.1, 0.15) is 88.2 Å². The molecule has 5 N–H and O–H groups in total. The maximum atomic E-state index is 16.2. The molecule has 6 aliphatic rings. The summed E-state index contributed by atoms with van der Waals surface area (Å²) < 4.78 is 16.2. The van der Waals surface area contributed by atoms with Crippen molar-refractivity contribution < 1.29 is 29.0 Å². The number of carbonyl (C=O) groups is 3. The van der Waals surface area contributed by atoms with E-state index in [1.807, 2.05) is 0 Å². The molecule has 0 aromatic heterocycles. The van der Waals surface area contributed by atoms with E-state index in [4.69, 9.17) is 23.2 Å². The van der Waals surface area contributed by atoms with E-state index in [1.165, 1.54) is 6.07 Å². The van der Waals surface area contributed by atoms with Gasteiger partial charge in [-0.15, -0.1) is 0 Å². The van der Waals surface area contributed by atoms with Crippen molar-refractivity contribution in [1.29, 1.82) is 0 Å². The summed E-state index contributed by atoms with van der Waals surface area (Å²) in [6, 6.07) is 8.79. The van der Waals surface area contributed by atoms with Crippen LogP contribution in [-0.2, 0) is 19.8 Å². The Labute approximate surface area is 265 Å². The van der Waals surface area contributed by atoms with E-state index < -0.39 is 51.3 Å². The normalized spacial score (nSPS) is 39.0. The first-order valence-corrected chi connectivity index (χ1v) is 16.1. The summed E-state index contributed by atoms with van der Waals surface area (Å²) in [6.45, 7) is 1.77. The van der Waals surface area contributed by atoms with Crippen LogP contribution in [0, 0.1) is 11.2 Å². The van der Waals surface area contributed by atoms with Gasteiger partial charge in [0.1, 0.15) is 11.2 Å². The van der Waals surface area contributed by atoms with E-state index in [9.17, 15) is 24.6 Å². The van der Waals surface area contributed by atoms with Crippen LogP contribution in [0.15, 0.2) is 36.4 Å². The van der Waals surface area contributed by atoms with Crippen molar-refractivity contribution in [2.45, 2.75) is 105 Å². The van der Waals surface area contributed by atoms with E-state index in [0.29, 0.717) is 80.5 Å². The molecule has 234 valence electrons. The Morgan fingerprint density at radius 3 is 2.27 bits per heavy atom. The van der Waals surface area contributed by atoms with Gasteiger partial charge in [0.25, 0.3) is 0 Å². The Hall–Kier alpha value is -2.72. The van der Waals surface area contributed by atoms with Crippen LogP contribution < -0.4 is 16.0 Å². The molecule has 8 rings (SSSR count). The first kappa shape index (κ1) is 30.0. The minimum atomic E-state index is -1.42. The summed E-state index contributed by atoms with van der Waals surface area (Å²) in [4.78, 5) is 41.2. The molecule has 3 atom stereocenters. The molecule has 4 aliphatic carbocycles. The third-order valence-corrected chi connectivity index (χ3v) is 12.4. The molecular weight excluding hydrogens is 608 g/mol. The minimum absolute atomic E-state index is 0.109. The molecule has 2 aliphatic heterocycles. The highest BCUT2D eigenvalue weighted by Crippen LogP contribution is 2.63. The lowest BCUT2D eigenvalue weighted by molar-refractivity contribution is -0.157. The van der Waals surface area contributed by atoms with Crippen LogP contribution >= 0.6 is 23.2 Å². The monoisotopic (exact) mass is 643 g/mol. The van der Waals surface area contributed by atoms with Gasteiger partial charge in [0.15, 0.2) is 0 Å². The van der Waals surface area contributed by atoms with Gasteiger partial charge >= 0.3 is 5.97 Å². The first-order chi connectivity index (χ1) is 20.8. The maximum Gasteiger partial charge on any atom is 0.309 e. The molecule has 2 aromatic rings. The van der Waals surface area contributed by atoms with Gasteiger partial charge in [-0.3, -0.25) is 19.7 Å². The van der Waals surface area contributed by atoms with Gasteiger partial charge in [-0.25, -0.2) is 4.39 Å². The lowest BCUT2D eigenvalue weighted by Crippen LogP contribution is -2.63. The molecule has 4 saturated carbocycles. The predicted octanol–water partition coefficient (Wildman–Crippen LogP) is 5.44. The molecule has 2 spiro atoms. The number of hydrogen-bond acceptors (Lipinski definition) is 5. The second-order valence-corrected chi connectivity index (χ2v) is 15.0. The van der Waals surface area contributed by atoms with Gasteiger partial charge < -0.3 is 20.8 Å². The fourth-order valence-electron chi connectivity index (χ4n) is 9.31. The van der Waals surface area contributed by atoms with Crippen molar-refractivity contribution in [2.75, 3.05) is 5.32 Å². The third-order valence-electron chi connectivity index (χ3n) is 11.9. The van der Waals surface area contributed by atoms with Gasteiger partial charge in [-0.2, -0.15) is 0 Å². The van der Waals surface area contributed by atoms with Crippen LogP contribution in [0.2, 0.25) is 10.0 Å². The predicted molar refractivity (Wildman–Crippen MR) is 163 cm³/mol. The lowest BCUT2D eigenvalue weighted by atomic mass is 9.54. The van der Waals surface area contributed by atoms with Gasteiger partial charge in [-0.1, -0.05) is 41.4 Å². The highest BCUT2D eigenvalue weighted by Gasteiger charge is 2.73. The fraction of sp³-hybridized carbons (Fsp3) is 0.545. The summed E-state index contributed by atoms with van der Waals surface area (Å²) in [7, 11) is 0. The topological polar surface area (TPSA) is 128 Å². The summed E-state index contributed by atoms with van der Waals surface area (Å²) in [6.07, 6.45) is 4.52. The van der Waals surface area contributed by atoms with Crippen LogP contribution in [0.3, 0.4) is 0 Å². The van der Waals surface area contributed by atoms with Crippen LogP contribution in [0.25, 0.3) is 0 Å². The zero-order chi connectivity index (χ0) is 31.3. The molecule has 0 unspecified atom stereocenters. The number of aliphatic hydroxyl groups is 1. The molecule has 1 saturated heterocycles. The Bertz CT molecular complexity index is 1560. The molecule has 2 aromatic carbocycles. The Morgan fingerprint density at radius 2 is 1.64 bits per heavy atom. The maximum absolute atomic E-state index is 16.2. The summed E-state index contributed by atoms with van der Waals surface area (Å²) >= 11 is 12.7. The Kier molecular flexibility index (Phi) is 6.73. The molecule has 8 nitrogen and oxygen atoms in total. The zero-order valence-corrected chi connectivity index (χ0v) is 26.0. The SMILES string of the molecule is CC1(O)CCC2(CC1)N[C@@H](C(=O)NC13CCC(C(=O)O)(CC1)CC3)[C@H](c1cccc(Cl)c1F)[C@]21C(=O)Nc2cc(Cl)ccc21. The molecule has 2 bridgehead atoms. The largest absolute Gasteiger partial charge is 0.481 e. The molecule has 44 heavy (non-hydrogen) atoms. The van der Waals surface area contributed by atoms with E-state index in [1.54, 1.807) is 37.3 Å². The number of nitrogens with one attached hydrogen (secondary N) is 3. The van der Waals surface area contributed by atoms with E-state index in [0.717, 1.165) is 0 Å². The minimum Gasteiger partial charge on any atom is -0.481 e. The van der Waals surface area contributed by atoms with E-state index >= 15 is 4.39 Å². The average molecular weight is 645 g/mol. The highest BCUT2D eigenvalue weighted by atomic mass is 35.5. The van der Waals surface area contributed by atoms with Crippen LogP contribution in [0.4, 0.5) is 10.1 Å². The standard InChI is InChI=1S/C33H36Cl2FN3O5/c1-29(44)7-15-32(16-8-29)33(20-6-5-18(34)17-22(20)37-27(33)41)23(19-3-2-4-21(35)24(19)36)25(38-32)26(40)39-31-12-9-30(10-13-31,11-14-31)28(42)43/h2-6,17,23,25,38,44H,7-16H2,1H3,(H,37,41)(H,39,40)(H,42,43)/t23-,25+,29?,30?,31?,32?,33+/m0/s1. The molecule has 5 fully saturated rings. The van der Waals surface area contributed by atoms with Crippen molar-refractivity contribution in [3.8, 4) is 0 Å². The number of carboxylic acids is 1. The number of halogens is 3. The van der Waals surface area contributed by atoms with E-state index in [2.05, 4.69) is 16.0 Å². The average Bonchev–Trinajstić information content (AvgIpc) is 3.45. The first-order valence-electron chi connectivity index (χ1n) is 15.4. The molecular formula is C33H36Cl2FN3O5. The Balaban J connectivity index is 1.38. The van der Waals surface area contributed by atoms with Crippen LogP contribution in [-0.4, -0.2) is 50.7 Å². The smallest absolute Gasteiger partial charge is 0.309 e. The Morgan fingerprint density at radius 1 is 0.977 bits per heavy atom. The van der Waals surface area contributed by atoms with Gasteiger partial charge in [-0.05, 0) is 100 Å². The molecule has 11 heteroatoms. The summed E-state index contributed by atoms with van der Waals surface area (Å²) in [5.74, 6) is -3.18. The molecule has 2 heterocycles. The number of carboxylic acid groups (broad SMARTS) is 1. The second-order valence-electron chi connectivity index (χ2n) is 14.1. The second kappa shape index (κ2) is 9.89. The van der Waals surface area contributed by atoms with Gasteiger partial charge in [0, 0.05) is 27.7 Å². The number of anilines is 1. The molecule has 2 amide bonds.